The predicted molar refractivity (Wildman–Crippen MR) is 93.3 cm³/mol. The molecule has 0 bridgehead atoms. The van der Waals surface area contributed by atoms with Gasteiger partial charge in [-0.05, 0) is 49.6 Å². The number of ether oxygens (including phenoxy) is 1. The van der Waals surface area contributed by atoms with Gasteiger partial charge >= 0.3 is 0 Å². The summed E-state index contributed by atoms with van der Waals surface area (Å²) in [5.41, 5.74) is 5.00. The Labute approximate surface area is 141 Å². The number of carbonyl (C=O) groups is 1. The van der Waals surface area contributed by atoms with Crippen molar-refractivity contribution < 1.29 is 9.53 Å². The molecule has 0 aliphatic rings. The number of aryl methyl sites for hydroxylation is 1. The number of hydrogen-bond acceptors (Lipinski definition) is 3. The van der Waals surface area contributed by atoms with Gasteiger partial charge < -0.3 is 4.74 Å². The van der Waals surface area contributed by atoms with Crippen LogP contribution in [0.1, 0.15) is 29.3 Å². The van der Waals surface area contributed by atoms with Gasteiger partial charge in [-0.25, -0.2) is 5.43 Å². The molecule has 5 heteroatoms. The molecule has 23 heavy (non-hydrogen) atoms. The minimum Gasteiger partial charge on any atom is -0.497 e. The van der Waals surface area contributed by atoms with Crippen LogP contribution in [0, 0.1) is 0 Å². The van der Waals surface area contributed by atoms with Crippen LogP contribution in [-0.4, -0.2) is 18.7 Å². The van der Waals surface area contributed by atoms with Crippen molar-refractivity contribution in [2.24, 2.45) is 5.10 Å². The lowest BCUT2D eigenvalue weighted by Crippen LogP contribution is -2.19. The number of hydrazone groups is 1. The minimum atomic E-state index is -0.306. The van der Waals surface area contributed by atoms with Gasteiger partial charge in [0.05, 0.1) is 17.7 Å². The summed E-state index contributed by atoms with van der Waals surface area (Å²) in [6.45, 7) is 1.89. The molecule has 0 unspecified atom stereocenters. The van der Waals surface area contributed by atoms with Crippen molar-refractivity contribution in [1.29, 1.82) is 0 Å². The van der Waals surface area contributed by atoms with Crippen LogP contribution in [0.4, 0.5) is 0 Å². The van der Waals surface area contributed by atoms with E-state index in [0.29, 0.717) is 10.6 Å². The zero-order valence-electron chi connectivity index (χ0n) is 13.2. The van der Waals surface area contributed by atoms with E-state index in [2.05, 4.69) is 10.5 Å². The van der Waals surface area contributed by atoms with E-state index < -0.39 is 0 Å². The van der Waals surface area contributed by atoms with Crippen molar-refractivity contribution >= 4 is 23.2 Å². The second kappa shape index (κ2) is 8.34. The number of hydrogen-bond donors (Lipinski definition) is 1. The Morgan fingerprint density at radius 1 is 1.17 bits per heavy atom. The fourth-order valence-corrected chi connectivity index (χ4v) is 2.25. The molecule has 120 valence electrons. The van der Waals surface area contributed by atoms with E-state index in [-0.39, 0.29) is 5.91 Å². The number of nitrogens with one attached hydrogen (secondary N) is 1. The molecule has 0 aromatic heterocycles. The average Bonchev–Trinajstić information content (AvgIpc) is 2.58. The molecule has 1 amide bonds. The SMILES string of the molecule is COc1ccc(CC/C(C)=N\NC(=O)c2ccccc2Cl)cc1. The van der Waals surface area contributed by atoms with Crippen LogP contribution in [0.15, 0.2) is 53.6 Å². The summed E-state index contributed by atoms with van der Waals surface area (Å²) < 4.78 is 5.13. The number of halogens is 1. The monoisotopic (exact) mass is 330 g/mol. The van der Waals surface area contributed by atoms with Gasteiger partial charge in [-0.15, -0.1) is 0 Å². The smallest absolute Gasteiger partial charge is 0.272 e. The van der Waals surface area contributed by atoms with Crippen molar-refractivity contribution in [2.45, 2.75) is 19.8 Å². The summed E-state index contributed by atoms with van der Waals surface area (Å²) in [6.07, 6.45) is 1.61. The number of benzene rings is 2. The molecule has 0 saturated carbocycles. The van der Waals surface area contributed by atoms with Gasteiger partial charge in [0.1, 0.15) is 5.75 Å². The zero-order valence-corrected chi connectivity index (χ0v) is 13.9. The maximum absolute atomic E-state index is 12.0. The summed E-state index contributed by atoms with van der Waals surface area (Å²) in [4.78, 5) is 12.0. The van der Waals surface area contributed by atoms with Crippen LogP contribution in [0.2, 0.25) is 5.02 Å². The van der Waals surface area contributed by atoms with Crippen LogP contribution in [0.25, 0.3) is 0 Å². The van der Waals surface area contributed by atoms with Gasteiger partial charge in [0.15, 0.2) is 0 Å². The van der Waals surface area contributed by atoms with Crippen molar-refractivity contribution in [3.05, 3.63) is 64.7 Å². The highest BCUT2D eigenvalue weighted by atomic mass is 35.5. The lowest BCUT2D eigenvalue weighted by molar-refractivity contribution is 0.0955. The second-order valence-corrected chi connectivity index (χ2v) is 5.52. The third-order valence-electron chi connectivity index (χ3n) is 3.40. The molecule has 4 nitrogen and oxygen atoms in total. The Morgan fingerprint density at radius 2 is 1.87 bits per heavy atom. The Morgan fingerprint density at radius 3 is 2.52 bits per heavy atom. The zero-order chi connectivity index (χ0) is 16.7. The van der Waals surface area contributed by atoms with Gasteiger partial charge in [0.25, 0.3) is 5.91 Å². The van der Waals surface area contributed by atoms with Crippen LogP contribution < -0.4 is 10.2 Å². The molecule has 0 aliphatic carbocycles. The van der Waals surface area contributed by atoms with E-state index in [0.717, 1.165) is 24.3 Å². The molecule has 1 N–H and O–H groups in total. The Bertz CT molecular complexity index is 696. The van der Waals surface area contributed by atoms with Gasteiger partial charge in [-0.2, -0.15) is 5.10 Å². The first-order valence-electron chi connectivity index (χ1n) is 7.31. The van der Waals surface area contributed by atoms with Crippen LogP contribution in [-0.2, 0) is 6.42 Å². The highest BCUT2D eigenvalue weighted by molar-refractivity contribution is 6.33. The van der Waals surface area contributed by atoms with E-state index in [1.54, 1.807) is 31.4 Å². The van der Waals surface area contributed by atoms with E-state index in [1.165, 1.54) is 5.56 Å². The van der Waals surface area contributed by atoms with Crippen LogP contribution in [0.3, 0.4) is 0 Å². The number of amides is 1. The summed E-state index contributed by atoms with van der Waals surface area (Å²) in [5.74, 6) is 0.533. The fourth-order valence-electron chi connectivity index (χ4n) is 2.03. The standard InChI is InChI=1S/C18H19ClN2O2/c1-13(7-8-14-9-11-15(23-2)12-10-14)20-21-18(22)16-5-3-4-6-17(16)19/h3-6,9-12H,7-8H2,1-2H3,(H,21,22)/b20-13-. The third-order valence-corrected chi connectivity index (χ3v) is 3.73. The molecule has 2 aromatic carbocycles. The lowest BCUT2D eigenvalue weighted by Gasteiger charge is -2.05. The van der Waals surface area contributed by atoms with E-state index in [1.807, 2.05) is 31.2 Å². The predicted octanol–water partition coefficient (Wildman–Crippen LogP) is 4.09. The maximum Gasteiger partial charge on any atom is 0.272 e. The molecule has 0 radical (unpaired) electrons. The molecule has 0 atom stereocenters. The van der Waals surface area contributed by atoms with Crippen LogP contribution in [0.5, 0.6) is 5.75 Å². The lowest BCUT2D eigenvalue weighted by atomic mass is 10.1. The minimum absolute atomic E-state index is 0.306. The highest BCUT2D eigenvalue weighted by Crippen LogP contribution is 2.15. The number of carbonyl (C=O) groups excluding carboxylic acids is 1. The molecule has 0 fully saturated rings. The Kier molecular flexibility index (Phi) is 6.18. The largest absolute Gasteiger partial charge is 0.497 e. The molecule has 0 spiro atoms. The summed E-state index contributed by atoms with van der Waals surface area (Å²) in [7, 11) is 1.65. The number of rotatable bonds is 6. The maximum atomic E-state index is 12.0. The van der Waals surface area contributed by atoms with Gasteiger partial charge in [-0.3, -0.25) is 4.79 Å². The molecule has 0 saturated heterocycles. The number of methoxy groups -OCH3 is 1. The topological polar surface area (TPSA) is 50.7 Å². The van der Waals surface area contributed by atoms with Gasteiger partial charge in [0.2, 0.25) is 0 Å². The van der Waals surface area contributed by atoms with Crippen molar-refractivity contribution in [3.63, 3.8) is 0 Å². The van der Waals surface area contributed by atoms with Gasteiger partial charge in [-0.1, -0.05) is 35.9 Å². The summed E-state index contributed by atoms with van der Waals surface area (Å²) >= 11 is 5.98. The average molecular weight is 331 g/mol. The Hall–Kier alpha value is -2.33. The Balaban J connectivity index is 1.87. The van der Waals surface area contributed by atoms with Crippen LogP contribution >= 0.6 is 11.6 Å². The normalized spacial score (nSPS) is 11.2. The molecule has 0 aliphatic heterocycles. The van der Waals surface area contributed by atoms with Gasteiger partial charge in [0, 0.05) is 5.71 Å². The molecule has 0 heterocycles. The van der Waals surface area contributed by atoms with Crippen molar-refractivity contribution in [2.75, 3.05) is 7.11 Å². The van der Waals surface area contributed by atoms with Crippen molar-refractivity contribution in [3.8, 4) is 5.75 Å². The first kappa shape index (κ1) is 17.0. The molecular formula is C18H19ClN2O2. The molecule has 2 rings (SSSR count). The van der Waals surface area contributed by atoms with E-state index in [9.17, 15) is 4.79 Å². The number of nitrogens with zero attached hydrogens (tertiary/aromatic N) is 1. The first-order valence-corrected chi connectivity index (χ1v) is 7.69. The highest BCUT2D eigenvalue weighted by Gasteiger charge is 2.08. The third kappa shape index (κ3) is 5.11. The summed E-state index contributed by atoms with van der Waals surface area (Å²) in [6, 6.07) is 14.8. The summed E-state index contributed by atoms with van der Waals surface area (Å²) in [5, 5.41) is 4.54. The first-order chi connectivity index (χ1) is 11.1. The fraction of sp³-hybridized carbons (Fsp3) is 0.222. The molecule has 2 aromatic rings. The quantitative estimate of drug-likeness (QED) is 0.640. The van der Waals surface area contributed by atoms with E-state index >= 15 is 0 Å². The second-order valence-electron chi connectivity index (χ2n) is 5.12. The molecular weight excluding hydrogens is 312 g/mol. The van der Waals surface area contributed by atoms with E-state index in [4.69, 9.17) is 16.3 Å². The van der Waals surface area contributed by atoms with Crippen molar-refractivity contribution in [1.82, 2.24) is 5.43 Å².